The molecule has 4 nitrogen and oxygen atoms in total. The second-order valence-electron chi connectivity index (χ2n) is 8.15. The van der Waals surface area contributed by atoms with Gasteiger partial charge in [0, 0.05) is 41.8 Å². The van der Waals surface area contributed by atoms with E-state index in [1.54, 1.807) is 0 Å². The Morgan fingerprint density at radius 1 is 1.13 bits per heavy atom. The molecule has 3 rings (SSSR count). The van der Waals surface area contributed by atoms with Crippen LogP contribution in [0.2, 0.25) is 5.02 Å². The highest BCUT2D eigenvalue weighted by Crippen LogP contribution is 2.46. The van der Waals surface area contributed by atoms with Crippen molar-refractivity contribution < 1.29 is 0 Å². The first-order valence-electron chi connectivity index (χ1n) is 10.9. The maximum absolute atomic E-state index is 8.93. The normalized spacial score (nSPS) is 19.1. The lowest BCUT2D eigenvalue weighted by atomic mass is 9.93. The lowest BCUT2D eigenvalue weighted by Gasteiger charge is -2.35. The zero-order chi connectivity index (χ0) is 22.7. The van der Waals surface area contributed by atoms with E-state index in [9.17, 15) is 0 Å². The predicted octanol–water partition coefficient (Wildman–Crippen LogP) is 6.53. The Morgan fingerprint density at radius 2 is 1.81 bits per heavy atom. The molecule has 2 heterocycles. The number of hydrogen-bond acceptors (Lipinski definition) is 4. The van der Waals surface area contributed by atoms with Gasteiger partial charge in [0.2, 0.25) is 0 Å². The molecule has 0 amide bonds. The Balaban J connectivity index is 2.19. The van der Waals surface area contributed by atoms with Crippen LogP contribution in [0.15, 0.2) is 83.6 Å². The van der Waals surface area contributed by atoms with Crippen molar-refractivity contribution in [1.29, 1.82) is 5.41 Å². The maximum Gasteiger partial charge on any atom is 0.0884 e. The molecule has 2 aliphatic heterocycles. The fraction of sp³-hybridized carbons (Fsp3) is 0.346. The standard InChI is InChI=1S/C26H33ClN4/c1-7-9-23(28)24-25(29-14-8-2)19(5)31(22-15-17(3)18(4)30(6)16-22)26(24)20-10-12-21(27)13-11-20/h10-13,15-16,26,28-29H,4-5,7-9,14H2,1-3,6H3. The van der Waals surface area contributed by atoms with Gasteiger partial charge in [0.15, 0.2) is 0 Å². The number of allylic oxidation sites excluding steroid dienone is 2. The molecule has 1 atom stereocenters. The average Bonchev–Trinajstić information content (AvgIpc) is 3.03. The van der Waals surface area contributed by atoms with Crippen LogP contribution in [0.25, 0.3) is 0 Å². The molecule has 0 aliphatic carbocycles. The van der Waals surface area contributed by atoms with Crippen LogP contribution in [0, 0.1) is 5.41 Å². The van der Waals surface area contributed by atoms with Gasteiger partial charge in [-0.2, -0.15) is 0 Å². The summed E-state index contributed by atoms with van der Waals surface area (Å²) in [6.45, 7) is 15.8. The number of hydrogen-bond donors (Lipinski definition) is 2. The lowest BCUT2D eigenvalue weighted by molar-refractivity contribution is 0.388. The lowest BCUT2D eigenvalue weighted by Crippen LogP contribution is -2.28. The summed E-state index contributed by atoms with van der Waals surface area (Å²) < 4.78 is 0. The fourth-order valence-electron chi connectivity index (χ4n) is 4.14. The molecule has 0 fully saturated rings. The van der Waals surface area contributed by atoms with Crippen LogP contribution >= 0.6 is 11.6 Å². The molecule has 164 valence electrons. The third-order valence-corrected chi connectivity index (χ3v) is 6.04. The highest BCUT2D eigenvalue weighted by atomic mass is 35.5. The van der Waals surface area contributed by atoms with Crippen molar-refractivity contribution in [3.63, 3.8) is 0 Å². The number of halogens is 1. The maximum atomic E-state index is 8.93. The van der Waals surface area contributed by atoms with Gasteiger partial charge in [0.1, 0.15) is 0 Å². The highest BCUT2D eigenvalue weighted by molar-refractivity contribution is 6.30. The SMILES string of the molecule is C=C1C(C)=CC(N2C(=C)C(NCCC)=C(C(=N)CCC)C2c2ccc(Cl)cc2)=CN1C. The Bertz CT molecular complexity index is 981. The van der Waals surface area contributed by atoms with Gasteiger partial charge in [0.05, 0.1) is 23.1 Å². The Hall–Kier alpha value is -2.72. The molecule has 0 spiro atoms. The van der Waals surface area contributed by atoms with E-state index in [2.05, 4.69) is 68.6 Å². The topological polar surface area (TPSA) is 42.4 Å². The molecule has 0 saturated carbocycles. The minimum atomic E-state index is -0.141. The molecule has 0 bridgehead atoms. The van der Waals surface area contributed by atoms with Crippen molar-refractivity contribution in [3.8, 4) is 0 Å². The van der Waals surface area contributed by atoms with Crippen molar-refractivity contribution in [2.24, 2.45) is 0 Å². The predicted molar refractivity (Wildman–Crippen MR) is 132 cm³/mol. The Kier molecular flexibility index (Phi) is 7.11. The third kappa shape index (κ3) is 4.49. The Labute approximate surface area is 191 Å². The monoisotopic (exact) mass is 436 g/mol. The number of benzene rings is 1. The summed E-state index contributed by atoms with van der Waals surface area (Å²) >= 11 is 6.20. The van der Waals surface area contributed by atoms with E-state index in [4.69, 9.17) is 17.0 Å². The van der Waals surface area contributed by atoms with Gasteiger partial charge in [-0.25, -0.2) is 0 Å². The van der Waals surface area contributed by atoms with Crippen molar-refractivity contribution in [2.75, 3.05) is 13.6 Å². The molecule has 2 N–H and O–H groups in total. The van der Waals surface area contributed by atoms with Gasteiger partial charge in [0.25, 0.3) is 0 Å². The van der Waals surface area contributed by atoms with E-state index < -0.39 is 0 Å². The van der Waals surface area contributed by atoms with Crippen LogP contribution < -0.4 is 5.32 Å². The molecule has 2 aliphatic rings. The molecule has 1 aromatic carbocycles. The van der Waals surface area contributed by atoms with Gasteiger partial charge in [-0.3, -0.25) is 0 Å². The van der Waals surface area contributed by atoms with Gasteiger partial charge >= 0.3 is 0 Å². The summed E-state index contributed by atoms with van der Waals surface area (Å²) in [4.78, 5) is 4.29. The van der Waals surface area contributed by atoms with Crippen LogP contribution in [0.1, 0.15) is 51.6 Å². The second-order valence-corrected chi connectivity index (χ2v) is 8.59. The summed E-state index contributed by atoms with van der Waals surface area (Å²) in [5.74, 6) is 0. The number of nitrogens with zero attached hydrogens (tertiary/aromatic N) is 2. The van der Waals surface area contributed by atoms with E-state index in [1.807, 2.05) is 24.1 Å². The molecular weight excluding hydrogens is 404 g/mol. The molecule has 5 heteroatoms. The number of nitrogens with one attached hydrogen (secondary N) is 2. The minimum Gasteiger partial charge on any atom is -0.383 e. The molecule has 0 saturated heterocycles. The molecule has 0 aromatic heterocycles. The van der Waals surface area contributed by atoms with Gasteiger partial charge < -0.3 is 20.5 Å². The smallest absolute Gasteiger partial charge is 0.0884 e. The first-order valence-corrected chi connectivity index (χ1v) is 11.3. The van der Waals surface area contributed by atoms with Gasteiger partial charge in [-0.15, -0.1) is 0 Å². The number of likely N-dealkylation sites (N-methyl/N-ethyl adjacent to an activating group) is 1. The third-order valence-electron chi connectivity index (χ3n) is 5.79. The summed E-state index contributed by atoms with van der Waals surface area (Å²) in [6, 6.07) is 7.80. The molecule has 1 unspecified atom stereocenters. The quantitative estimate of drug-likeness (QED) is 0.455. The summed E-state index contributed by atoms with van der Waals surface area (Å²) in [5.41, 5.74) is 7.73. The van der Waals surface area contributed by atoms with Crippen LogP contribution in [0.3, 0.4) is 0 Å². The zero-order valence-electron chi connectivity index (χ0n) is 19.1. The number of rotatable bonds is 8. The minimum absolute atomic E-state index is 0.141. The van der Waals surface area contributed by atoms with Gasteiger partial charge in [-0.1, -0.05) is 57.2 Å². The summed E-state index contributed by atoms with van der Waals surface area (Å²) in [5, 5.41) is 13.2. The van der Waals surface area contributed by atoms with Crippen molar-refractivity contribution in [1.82, 2.24) is 15.1 Å². The first kappa shape index (κ1) is 23.0. The Morgan fingerprint density at radius 3 is 2.39 bits per heavy atom. The molecular formula is C26H33ClN4. The second kappa shape index (κ2) is 9.61. The van der Waals surface area contributed by atoms with Crippen LogP contribution in [0.5, 0.6) is 0 Å². The van der Waals surface area contributed by atoms with E-state index in [0.29, 0.717) is 10.7 Å². The van der Waals surface area contributed by atoms with Crippen LogP contribution in [-0.4, -0.2) is 29.1 Å². The summed E-state index contributed by atoms with van der Waals surface area (Å²) in [6.07, 6.45) is 6.89. The zero-order valence-corrected chi connectivity index (χ0v) is 19.8. The fourth-order valence-corrected chi connectivity index (χ4v) is 4.27. The van der Waals surface area contributed by atoms with E-state index in [0.717, 1.165) is 65.3 Å². The molecule has 1 aromatic rings. The van der Waals surface area contributed by atoms with Crippen molar-refractivity contribution in [2.45, 2.75) is 46.1 Å². The summed E-state index contributed by atoms with van der Waals surface area (Å²) in [7, 11) is 2.01. The van der Waals surface area contributed by atoms with Crippen molar-refractivity contribution >= 4 is 17.3 Å². The van der Waals surface area contributed by atoms with Gasteiger partial charge in [-0.05, 0) is 49.1 Å². The largest absolute Gasteiger partial charge is 0.383 e. The van der Waals surface area contributed by atoms with E-state index in [-0.39, 0.29) is 6.04 Å². The average molecular weight is 437 g/mol. The van der Waals surface area contributed by atoms with Crippen LogP contribution in [-0.2, 0) is 0 Å². The van der Waals surface area contributed by atoms with Crippen molar-refractivity contribution in [3.05, 3.63) is 94.2 Å². The molecule has 0 radical (unpaired) electrons. The van der Waals surface area contributed by atoms with E-state index >= 15 is 0 Å². The highest BCUT2D eigenvalue weighted by Gasteiger charge is 2.40. The molecule has 31 heavy (non-hydrogen) atoms. The van der Waals surface area contributed by atoms with Crippen LogP contribution in [0.4, 0.5) is 0 Å². The first-order chi connectivity index (χ1) is 14.8. The van der Waals surface area contributed by atoms with E-state index in [1.165, 1.54) is 0 Å².